The second-order valence-electron chi connectivity index (χ2n) is 6.02. The number of hydrogen-bond acceptors (Lipinski definition) is 4. The molecular formula is C19H19NO4. The van der Waals surface area contributed by atoms with E-state index in [-0.39, 0.29) is 17.3 Å². The number of quaternary nitrogens is 1. The number of carbonyl (C=O) groups is 1. The van der Waals surface area contributed by atoms with Crippen LogP contribution in [0.3, 0.4) is 0 Å². The molecule has 5 nitrogen and oxygen atoms in total. The average molecular weight is 325 g/mol. The first kappa shape index (κ1) is 16.1. The summed E-state index contributed by atoms with van der Waals surface area (Å²) in [6, 6.07) is 10.3. The topological polar surface area (TPSA) is 63.0 Å². The number of benzene rings is 2. The van der Waals surface area contributed by atoms with Gasteiger partial charge in [-0.05, 0) is 29.8 Å². The summed E-state index contributed by atoms with van der Waals surface area (Å²) >= 11 is 0. The molecule has 1 aliphatic heterocycles. The lowest BCUT2D eigenvalue weighted by atomic mass is 10.0. The molecule has 1 N–H and O–H groups in total. The van der Waals surface area contributed by atoms with Crippen molar-refractivity contribution in [3.8, 4) is 17.2 Å². The van der Waals surface area contributed by atoms with Crippen LogP contribution in [0, 0.1) is 0 Å². The van der Waals surface area contributed by atoms with Gasteiger partial charge in [0.15, 0.2) is 5.76 Å². The van der Waals surface area contributed by atoms with E-state index in [2.05, 4.69) is 0 Å². The number of rotatable bonds is 4. The Morgan fingerprint density at radius 2 is 1.88 bits per heavy atom. The fourth-order valence-electron chi connectivity index (χ4n) is 2.66. The number of hydrogen-bond donors (Lipinski definition) is 1. The van der Waals surface area contributed by atoms with Gasteiger partial charge in [-0.2, -0.15) is 0 Å². The summed E-state index contributed by atoms with van der Waals surface area (Å²) in [6.07, 6.45) is 1.68. The minimum absolute atomic E-state index is 0.103. The van der Waals surface area contributed by atoms with Gasteiger partial charge in [-0.25, -0.2) is 0 Å². The minimum Gasteiger partial charge on any atom is -0.872 e. The average Bonchev–Trinajstić information content (AvgIpc) is 2.87. The number of carbonyl (C=O) groups excluding carboxylic acids is 1. The van der Waals surface area contributed by atoms with Gasteiger partial charge >= 0.3 is 0 Å². The zero-order chi connectivity index (χ0) is 17.3. The van der Waals surface area contributed by atoms with Crippen LogP contribution in [0.1, 0.15) is 21.5 Å². The first-order valence-electron chi connectivity index (χ1n) is 7.70. The van der Waals surface area contributed by atoms with Gasteiger partial charge in [-0.15, -0.1) is 0 Å². The van der Waals surface area contributed by atoms with E-state index in [4.69, 9.17) is 9.47 Å². The Hall–Kier alpha value is -2.79. The number of nitrogens with one attached hydrogen (secondary N) is 1. The van der Waals surface area contributed by atoms with Crippen molar-refractivity contribution >= 4 is 11.9 Å². The summed E-state index contributed by atoms with van der Waals surface area (Å²) in [6.45, 7) is 0.505. The van der Waals surface area contributed by atoms with E-state index in [1.165, 1.54) is 6.07 Å². The first-order chi connectivity index (χ1) is 11.5. The quantitative estimate of drug-likeness (QED) is 0.853. The molecule has 1 heterocycles. The number of methoxy groups -OCH3 is 1. The maximum absolute atomic E-state index is 12.5. The Balaban J connectivity index is 1.96. The van der Waals surface area contributed by atoms with Crippen molar-refractivity contribution in [3.05, 3.63) is 58.8 Å². The van der Waals surface area contributed by atoms with Crippen molar-refractivity contribution in [2.75, 3.05) is 21.2 Å². The lowest BCUT2D eigenvalue weighted by Gasteiger charge is -2.17. The fourth-order valence-corrected chi connectivity index (χ4v) is 2.66. The van der Waals surface area contributed by atoms with Gasteiger partial charge < -0.3 is 19.5 Å². The van der Waals surface area contributed by atoms with Gasteiger partial charge in [0, 0.05) is 5.56 Å². The van der Waals surface area contributed by atoms with Crippen LogP contribution >= 0.6 is 0 Å². The molecule has 24 heavy (non-hydrogen) atoms. The van der Waals surface area contributed by atoms with Gasteiger partial charge in [0.1, 0.15) is 18.0 Å². The van der Waals surface area contributed by atoms with E-state index in [1.807, 2.05) is 38.4 Å². The molecule has 0 saturated heterocycles. The molecule has 0 atom stereocenters. The molecule has 0 bridgehead atoms. The smallest absolute Gasteiger partial charge is 0.231 e. The SMILES string of the molecule is COc1ccc(/C=C2\Oc3c(ccc([O-])c3C[NH+](C)C)C2=O)cc1. The number of ketones is 1. The number of allylic oxidation sites excluding steroid dienone is 1. The summed E-state index contributed by atoms with van der Waals surface area (Å²) in [5.41, 5.74) is 1.82. The van der Waals surface area contributed by atoms with Crippen molar-refractivity contribution in [1.82, 2.24) is 0 Å². The van der Waals surface area contributed by atoms with Crippen molar-refractivity contribution in [1.29, 1.82) is 0 Å². The summed E-state index contributed by atoms with van der Waals surface area (Å²) < 4.78 is 10.9. The van der Waals surface area contributed by atoms with Gasteiger partial charge in [0.2, 0.25) is 5.78 Å². The number of ether oxygens (including phenoxy) is 2. The highest BCUT2D eigenvalue weighted by atomic mass is 16.5. The first-order valence-corrected chi connectivity index (χ1v) is 7.70. The van der Waals surface area contributed by atoms with E-state index in [0.29, 0.717) is 23.4 Å². The lowest BCUT2D eigenvalue weighted by molar-refractivity contribution is -0.872. The Bertz CT molecular complexity index is 807. The highest BCUT2D eigenvalue weighted by Gasteiger charge is 2.30. The summed E-state index contributed by atoms with van der Waals surface area (Å²) in [4.78, 5) is 13.6. The highest BCUT2D eigenvalue weighted by Crippen LogP contribution is 2.38. The molecule has 0 amide bonds. The molecule has 0 unspecified atom stereocenters. The molecule has 2 aromatic carbocycles. The third-order valence-corrected chi connectivity index (χ3v) is 3.84. The molecule has 0 aliphatic carbocycles. The second kappa shape index (κ2) is 6.37. The Kier molecular flexibility index (Phi) is 4.27. The standard InChI is InChI=1S/C19H19NO4/c1-20(2)11-15-16(21)9-8-14-18(22)17(24-19(14)15)10-12-4-6-13(23-3)7-5-12/h4-10,21H,11H2,1-3H3/b17-10-. The summed E-state index contributed by atoms with van der Waals surface area (Å²) in [5, 5.41) is 12.1. The summed E-state index contributed by atoms with van der Waals surface area (Å²) in [5.74, 6) is 1.07. The Labute approximate surface area is 140 Å². The predicted octanol–water partition coefficient (Wildman–Crippen LogP) is 1.03. The molecule has 1 aliphatic rings. The van der Waals surface area contributed by atoms with Gasteiger partial charge in [0.25, 0.3) is 0 Å². The van der Waals surface area contributed by atoms with E-state index in [0.717, 1.165) is 16.2 Å². The monoisotopic (exact) mass is 325 g/mol. The molecule has 0 aromatic heterocycles. The zero-order valence-electron chi connectivity index (χ0n) is 13.9. The molecule has 124 valence electrons. The van der Waals surface area contributed by atoms with Crippen molar-refractivity contribution in [2.24, 2.45) is 0 Å². The maximum atomic E-state index is 12.5. The lowest BCUT2D eigenvalue weighted by Crippen LogP contribution is -3.04. The molecule has 0 saturated carbocycles. The van der Waals surface area contributed by atoms with Crippen molar-refractivity contribution < 1.29 is 24.3 Å². The normalized spacial score (nSPS) is 14.8. The Morgan fingerprint density at radius 1 is 1.17 bits per heavy atom. The Morgan fingerprint density at radius 3 is 2.50 bits per heavy atom. The molecule has 3 rings (SSSR count). The van der Waals surface area contributed by atoms with E-state index in [9.17, 15) is 9.90 Å². The van der Waals surface area contributed by atoms with Gasteiger partial charge in [-0.3, -0.25) is 4.79 Å². The van der Waals surface area contributed by atoms with Crippen LogP contribution < -0.4 is 19.5 Å². The van der Waals surface area contributed by atoms with Crippen molar-refractivity contribution in [3.63, 3.8) is 0 Å². The minimum atomic E-state index is -0.198. The second-order valence-corrected chi connectivity index (χ2v) is 6.02. The number of fused-ring (bicyclic) bond motifs is 1. The number of Topliss-reactive ketones (excluding diaryl/α,β-unsaturated/α-hetero) is 1. The van der Waals surface area contributed by atoms with Crippen LogP contribution in [0.25, 0.3) is 6.08 Å². The molecule has 2 aromatic rings. The molecule has 0 fully saturated rings. The van der Waals surface area contributed by atoms with Gasteiger partial charge in [-0.1, -0.05) is 23.9 Å². The van der Waals surface area contributed by atoms with E-state index < -0.39 is 0 Å². The molecular weight excluding hydrogens is 306 g/mol. The summed E-state index contributed by atoms with van der Waals surface area (Å²) in [7, 11) is 5.50. The molecule has 0 spiro atoms. The maximum Gasteiger partial charge on any atom is 0.231 e. The van der Waals surface area contributed by atoms with Crippen LogP contribution in [0.2, 0.25) is 0 Å². The third kappa shape index (κ3) is 2.98. The fraction of sp³-hybridized carbons (Fsp3) is 0.211. The third-order valence-electron chi connectivity index (χ3n) is 3.84. The van der Waals surface area contributed by atoms with E-state index >= 15 is 0 Å². The van der Waals surface area contributed by atoms with Gasteiger partial charge in [0.05, 0.1) is 26.8 Å². The zero-order valence-corrected chi connectivity index (χ0v) is 13.9. The molecule has 0 radical (unpaired) electrons. The van der Waals surface area contributed by atoms with E-state index in [1.54, 1.807) is 19.3 Å². The van der Waals surface area contributed by atoms with Crippen LogP contribution in [0.5, 0.6) is 17.2 Å². The van der Waals surface area contributed by atoms with Crippen LogP contribution in [-0.4, -0.2) is 27.0 Å². The molecule has 5 heteroatoms. The predicted molar refractivity (Wildman–Crippen MR) is 88.3 cm³/mol. The van der Waals surface area contributed by atoms with Crippen LogP contribution in [0.15, 0.2) is 42.2 Å². The largest absolute Gasteiger partial charge is 0.872 e. The van der Waals surface area contributed by atoms with Crippen LogP contribution in [-0.2, 0) is 6.54 Å². The van der Waals surface area contributed by atoms with Crippen LogP contribution in [0.4, 0.5) is 0 Å². The van der Waals surface area contributed by atoms with Crippen molar-refractivity contribution in [2.45, 2.75) is 6.54 Å². The highest BCUT2D eigenvalue weighted by molar-refractivity contribution is 6.14.